The first-order valence-electron chi connectivity index (χ1n) is 42.5. The van der Waals surface area contributed by atoms with Gasteiger partial charge < -0.3 is 51.0 Å². The van der Waals surface area contributed by atoms with Gasteiger partial charge in [-0.25, -0.2) is 14.4 Å². The molecule has 0 aromatic heterocycles. The van der Waals surface area contributed by atoms with Crippen molar-refractivity contribution in [2.75, 3.05) is 52.9 Å². The molecule has 10 heterocycles. The maximum absolute atomic E-state index is 13.0. The number of methoxy groups -OCH3 is 1. The van der Waals surface area contributed by atoms with Crippen LogP contribution in [0.1, 0.15) is 241 Å². The molecule has 0 radical (unpaired) electrons. The fourth-order valence-electron chi connectivity index (χ4n) is 20.5. The number of amides is 5. The number of hydrogen-bond donors (Lipinski definition) is 5. The molecular formula is C96H133N9O9. The predicted molar refractivity (Wildman–Crippen MR) is 456 cm³/mol. The Kier molecular flexibility index (Phi) is 30.2. The molecule has 0 spiro atoms. The highest BCUT2D eigenvalue weighted by Crippen LogP contribution is 2.54. The van der Waals surface area contributed by atoms with E-state index in [4.69, 9.17) is 19.9 Å². The third kappa shape index (κ3) is 20.2. The molecule has 15 aliphatic rings. The zero-order valence-corrected chi connectivity index (χ0v) is 69.9. The van der Waals surface area contributed by atoms with Gasteiger partial charge in [0.05, 0.1) is 30.8 Å². The number of nitrogens with two attached hydrogens (primary N) is 1. The minimum atomic E-state index is -0.714. The average Bonchev–Trinajstić information content (AvgIpc) is 0.741. The lowest BCUT2D eigenvalue weighted by molar-refractivity contribution is -0.175. The van der Waals surface area contributed by atoms with Crippen molar-refractivity contribution >= 4 is 35.9 Å². The Bertz CT molecular complexity index is 3940. The molecule has 5 aliphatic carbocycles. The van der Waals surface area contributed by atoms with E-state index in [0.717, 1.165) is 138 Å². The first-order valence-corrected chi connectivity index (χ1v) is 42.5. The second kappa shape index (κ2) is 39.3. The summed E-state index contributed by atoms with van der Waals surface area (Å²) in [5.74, 6) is 2.67. The number of carbonyl (C=O) groups is 6. The van der Waals surface area contributed by atoms with Crippen LogP contribution in [0.25, 0.3) is 0 Å². The molecule has 5 aromatic carbocycles. The zero-order chi connectivity index (χ0) is 81.9. The van der Waals surface area contributed by atoms with Crippen LogP contribution in [0.3, 0.4) is 0 Å². The van der Waals surface area contributed by atoms with E-state index >= 15 is 0 Å². The highest BCUT2D eigenvalue weighted by Gasteiger charge is 2.58. The molecule has 10 aliphatic heterocycles. The van der Waals surface area contributed by atoms with E-state index in [9.17, 15) is 28.8 Å². The third-order valence-corrected chi connectivity index (χ3v) is 26.1. The molecule has 20 rings (SSSR count). The topological polar surface area (TPSA) is 217 Å². The molecule has 4 atom stereocenters. The maximum atomic E-state index is 13.0. The lowest BCUT2D eigenvalue weighted by Gasteiger charge is -2.58. The summed E-state index contributed by atoms with van der Waals surface area (Å²) in [4.78, 5) is 83.8. The fourth-order valence-corrected chi connectivity index (χ4v) is 20.5. The fraction of sp³-hybridized carbons (Fsp3) is 0.542. The summed E-state index contributed by atoms with van der Waals surface area (Å²) in [6, 6.07) is 50.5. The van der Waals surface area contributed by atoms with Gasteiger partial charge in [-0.05, 0) is 229 Å². The van der Waals surface area contributed by atoms with Gasteiger partial charge in [0.25, 0.3) is 5.91 Å². The molecule has 5 amide bonds. The number of carbonyl (C=O) groups excluding carboxylic acids is 6. The summed E-state index contributed by atoms with van der Waals surface area (Å²) < 4.78 is 16.0. The molecule has 0 unspecified atom stereocenters. The third-order valence-electron chi connectivity index (χ3n) is 26.1. The number of alkyl carbamates (subject to hydrolysis) is 2. The second-order valence-corrected chi connectivity index (χ2v) is 35.2. The number of ether oxygens (including phenoxy) is 3. The molecule has 18 nitrogen and oxygen atoms in total. The van der Waals surface area contributed by atoms with Gasteiger partial charge in [-0.3, -0.25) is 24.2 Å². The van der Waals surface area contributed by atoms with Crippen molar-refractivity contribution < 1.29 is 43.0 Å². The van der Waals surface area contributed by atoms with Crippen molar-refractivity contribution in [1.82, 2.24) is 40.9 Å². The van der Waals surface area contributed by atoms with Gasteiger partial charge >= 0.3 is 18.2 Å². The van der Waals surface area contributed by atoms with Crippen LogP contribution in [-0.4, -0.2) is 147 Å². The summed E-state index contributed by atoms with van der Waals surface area (Å²) in [5, 5.41) is 13.4. The Morgan fingerprint density at radius 3 is 1.24 bits per heavy atom. The zero-order valence-electron chi connectivity index (χ0n) is 69.9. The van der Waals surface area contributed by atoms with Crippen molar-refractivity contribution in [3.8, 4) is 0 Å². The molecule has 5 aromatic rings. The first-order chi connectivity index (χ1) is 54.8. The molecule has 114 heavy (non-hydrogen) atoms. The van der Waals surface area contributed by atoms with Gasteiger partial charge in [0.15, 0.2) is 0 Å². The largest absolute Gasteiger partial charge is 0.467 e. The Morgan fingerprint density at radius 1 is 0.465 bits per heavy atom. The summed E-state index contributed by atoms with van der Waals surface area (Å²) in [5.41, 5.74) is 9.84. The number of esters is 1. The summed E-state index contributed by atoms with van der Waals surface area (Å²) in [6.45, 7) is 36.7. The van der Waals surface area contributed by atoms with Gasteiger partial charge in [-0.2, -0.15) is 0 Å². The van der Waals surface area contributed by atoms with Crippen LogP contribution in [0.15, 0.2) is 202 Å². The van der Waals surface area contributed by atoms with Crippen molar-refractivity contribution in [3.63, 3.8) is 0 Å². The number of fused-ring (bicyclic) bond motifs is 15. The van der Waals surface area contributed by atoms with E-state index in [1.165, 1.54) is 76.1 Å². The number of rotatable bonds is 21. The van der Waals surface area contributed by atoms with E-state index in [1.54, 1.807) is 17.1 Å². The summed E-state index contributed by atoms with van der Waals surface area (Å²) >= 11 is 0. The van der Waals surface area contributed by atoms with Crippen molar-refractivity contribution in [1.29, 1.82) is 0 Å². The summed E-state index contributed by atoms with van der Waals surface area (Å²) in [7, 11) is 1.38. The molecule has 5 saturated carbocycles. The Balaban J connectivity index is 0.000000152. The van der Waals surface area contributed by atoms with E-state index in [0.29, 0.717) is 13.1 Å². The normalized spacial score (nSPS) is 27.9. The van der Waals surface area contributed by atoms with Gasteiger partial charge in [-0.1, -0.05) is 178 Å². The van der Waals surface area contributed by atoms with E-state index in [2.05, 4.69) is 124 Å². The van der Waals surface area contributed by atoms with Crippen LogP contribution in [0, 0.1) is 29.6 Å². The predicted octanol–water partition coefficient (Wildman–Crippen LogP) is 17.8. The number of hydrogen-bond acceptors (Lipinski definition) is 13. The number of nitrogens with one attached hydrogen (secondary N) is 4. The molecule has 10 saturated heterocycles. The molecule has 15 fully saturated rings. The summed E-state index contributed by atoms with van der Waals surface area (Å²) in [6.07, 6.45) is 27.8. The number of benzene rings is 5. The van der Waals surface area contributed by atoms with Crippen LogP contribution in [0.5, 0.6) is 0 Å². The number of piperidine rings is 10. The van der Waals surface area contributed by atoms with Crippen molar-refractivity contribution in [2.45, 2.75) is 247 Å². The minimum absolute atomic E-state index is 0.00709. The van der Waals surface area contributed by atoms with E-state index in [-0.39, 0.29) is 82.4 Å². The van der Waals surface area contributed by atoms with Crippen molar-refractivity contribution in [2.24, 2.45) is 35.3 Å². The van der Waals surface area contributed by atoms with Crippen molar-refractivity contribution in [3.05, 3.63) is 230 Å². The van der Waals surface area contributed by atoms with E-state index < -0.39 is 28.4 Å². The molecule has 616 valence electrons. The smallest absolute Gasteiger partial charge is 0.408 e. The van der Waals surface area contributed by atoms with Gasteiger partial charge in [0.1, 0.15) is 16.7 Å². The molecule has 10 bridgehead atoms. The molecule has 18 heteroatoms. The first kappa shape index (κ1) is 87.7. The quantitative estimate of drug-likeness (QED) is 0.0263. The average molecular weight is 1560 g/mol. The number of nitrogens with zero attached hydrogens (tertiary/aromatic N) is 4. The molecular weight excluding hydrogens is 1420 g/mol. The Labute approximate surface area is 681 Å². The maximum Gasteiger partial charge on any atom is 0.408 e. The Hall–Kier alpha value is -8.68. The van der Waals surface area contributed by atoms with Gasteiger partial charge in [-0.15, -0.1) is 26.3 Å². The Morgan fingerprint density at radius 2 is 0.825 bits per heavy atom. The molecule has 6 N–H and O–H groups in total. The monoisotopic (exact) mass is 1560 g/mol. The van der Waals surface area contributed by atoms with Crippen LogP contribution < -0.4 is 27.0 Å². The van der Waals surface area contributed by atoms with E-state index in [1.807, 2.05) is 157 Å². The van der Waals surface area contributed by atoms with Crippen LogP contribution in [-0.2, 0) is 28.6 Å². The lowest BCUT2D eigenvalue weighted by atomic mass is 9.65. The van der Waals surface area contributed by atoms with Crippen LogP contribution in [0.4, 0.5) is 9.59 Å². The van der Waals surface area contributed by atoms with Gasteiger partial charge in [0, 0.05) is 79.3 Å². The lowest BCUT2D eigenvalue weighted by Crippen LogP contribution is -2.66. The highest BCUT2D eigenvalue weighted by atomic mass is 16.6. The standard InChI is InChI=1S/C22H30N2O3.C22H32N2O2.C21H24N2O.C17H24N2.C12H17NO3.C2H6/c1-5-15-24-19(25)17-11-13-22(24,14-12-17)18(16-9-7-6-8-10-16)23-20(26)27-21(2,3)4;1-5-15-24-16-17-11-13-22(24,14-12-17)19(18-9-7-6-8-10-18)23-20(25)26-21(2,3)4;24-20(18-9-5-2-6-10-18)23-19(17-7-3-1-4-8-17)21-13-11-16(12-14-21)15-22-21;1-2-12-19-13-14-8-10-17(19,11-9-14)16(18)15-6-4-3-5-7-15;1-3-8-13-10(14)9-4-6-12(13,7-5-9)11(15)16-2;1-2/h5-10,17-18H,1,11-15H2,2-4H3,(H,23,26);5-10,17,19H,1,11-16H2,2-4H3,(H,23,25);1-10,16,19,22H,11-15H2,(H,23,24);2-7,14,16H,1,8-13,18H2;3,9H,1,4-8H2,2H3;1-2H3/t17?,18-,22?;17?,19-,22?;16?,19-,21?;14?,16-,17?;;/m1111../s1. The SMILES string of the molecule is C=CCN1C(=O)C2CCC1(C(=O)OC)CC2.C=CCN1C(=O)C2CCC1([C@H](NC(=O)OC(C)(C)C)c1ccccc1)CC2.C=CCN1CC2CCC1([C@H](N)c1ccccc1)CC2.C=CCN1CC2CCC1([C@H](NC(=O)OC(C)(C)C)c1ccccc1)CC2.CC.O=C(N[C@H](c1ccccc1)C12CCC(CC1)CN2)c1ccccc1. The van der Waals surface area contributed by atoms with Crippen LogP contribution >= 0.6 is 0 Å². The highest BCUT2D eigenvalue weighted by molar-refractivity contribution is 5.94. The minimum Gasteiger partial charge on any atom is -0.467 e. The van der Waals surface area contributed by atoms with Crippen LogP contribution in [0.2, 0.25) is 0 Å². The second-order valence-electron chi connectivity index (χ2n) is 35.2. The van der Waals surface area contributed by atoms with Gasteiger partial charge in [0.2, 0.25) is 11.8 Å².